The second-order valence-corrected chi connectivity index (χ2v) is 7.28. The summed E-state index contributed by atoms with van der Waals surface area (Å²) in [7, 11) is 0. The van der Waals surface area contributed by atoms with Gasteiger partial charge in [0, 0.05) is 29.7 Å². The molecule has 0 N–H and O–H groups in total. The molecule has 3 aromatic rings. The number of piperidine rings is 1. The smallest absolute Gasteiger partial charge is 0.265 e. The average Bonchev–Trinajstić information content (AvgIpc) is 2.71. The maximum Gasteiger partial charge on any atom is 0.265 e. The van der Waals surface area contributed by atoms with Crippen LogP contribution in [0.4, 0.5) is 0 Å². The Hall–Kier alpha value is -2.66. The van der Waals surface area contributed by atoms with Crippen molar-refractivity contribution in [2.24, 2.45) is 0 Å². The van der Waals surface area contributed by atoms with Crippen molar-refractivity contribution >= 4 is 28.5 Å². The molecule has 1 aliphatic rings. The molecule has 0 radical (unpaired) electrons. The topological polar surface area (TPSA) is 55.2 Å². The minimum absolute atomic E-state index is 0.185. The van der Waals surface area contributed by atoms with Gasteiger partial charge >= 0.3 is 0 Å². The van der Waals surface area contributed by atoms with E-state index in [0.29, 0.717) is 30.3 Å². The van der Waals surface area contributed by atoms with Crippen molar-refractivity contribution in [3.63, 3.8) is 0 Å². The first-order chi connectivity index (χ1) is 13.1. The zero-order chi connectivity index (χ0) is 18.8. The fraction of sp³-hybridized carbons (Fsp3) is 0.286. The van der Waals surface area contributed by atoms with Crippen LogP contribution in [0, 0.1) is 0 Å². The minimum Gasteiger partial charge on any atom is -0.338 e. The van der Waals surface area contributed by atoms with Gasteiger partial charge in [0.15, 0.2) is 0 Å². The number of hydrogen-bond acceptors (Lipinski definition) is 3. The van der Waals surface area contributed by atoms with Crippen LogP contribution in [-0.4, -0.2) is 33.4 Å². The number of carbonyl (C=O) groups is 1. The summed E-state index contributed by atoms with van der Waals surface area (Å²) in [6.45, 7) is 1.76. The quantitative estimate of drug-likeness (QED) is 0.694. The van der Waals surface area contributed by atoms with Crippen molar-refractivity contribution in [2.45, 2.75) is 25.8 Å². The van der Waals surface area contributed by atoms with Crippen molar-refractivity contribution in [1.29, 1.82) is 0 Å². The zero-order valence-corrected chi connectivity index (χ0v) is 15.7. The Bertz CT molecular complexity index is 1040. The summed E-state index contributed by atoms with van der Waals surface area (Å²) in [5.74, 6) is -0.185. The van der Waals surface area contributed by atoms with Gasteiger partial charge in [-0.25, -0.2) is 4.98 Å². The van der Waals surface area contributed by atoms with Gasteiger partial charge in [0.2, 0.25) is 0 Å². The van der Waals surface area contributed by atoms with Gasteiger partial charge in [-0.05, 0) is 55.2 Å². The predicted octanol–water partition coefficient (Wildman–Crippen LogP) is 3.72. The van der Waals surface area contributed by atoms with E-state index in [4.69, 9.17) is 11.6 Å². The molecule has 3 heterocycles. The lowest BCUT2D eigenvalue weighted by atomic mass is 10.1. The molecule has 5 nitrogen and oxygen atoms in total. The summed E-state index contributed by atoms with van der Waals surface area (Å²) < 4.78 is 1.58. The summed E-state index contributed by atoms with van der Waals surface area (Å²) in [6, 6.07) is 12.7. The van der Waals surface area contributed by atoms with Crippen LogP contribution in [-0.2, 0) is 6.54 Å². The Morgan fingerprint density at radius 1 is 1.07 bits per heavy atom. The van der Waals surface area contributed by atoms with Gasteiger partial charge < -0.3 is 4.90 Å². The second kappa shape index (κ2) is 7.53. The zero-order valence-electron chi connectivity index (χ0n) is 14.9. The summed E-state index contributed by atoms with van der Waals surface area (Å²) in [6.07, 6.45) is 4.76. The molecule has 0 spiro atoms. The monoisotopic (exact) mass is 381 g/mol. The lowest BCUT2D eigenvalue weighted by Gasteiger charge is -2.26. The van der Waals surface area contributed by atoms with Gasteiger partial charge in [-0.3, -0.25) is 14.2 Å². The van der Waals surface area contributed by atoms with Crippen LogP contribution in [0.2, 0.25) is 5.02 Å². The number of nitrogens with zero attached hydrogens (tertiary/aromatic N) is 3. The first-order valence-corrected chi connectivity index (χ1v) is 9.53. The maximum absolute atomic E-state index is 13.2. The minimum atomic E-state index is -0.299. The highest BCUT2D eigenvalue weighted by Gasteiger charge is 2.23. The number of hydrogen-bond donors (Lipinski definition) is 0. The van der Waals surface area contributed by atoms with Gasteiger partial charge in [0.05, 0.1) is 6.54 Å². The summed E-state index contributed by atoms with van der Waals surface area (Å²) in [5.41, 5.74) is 1.42. The van der Waals surface area contributed by atoms with E-state index in [0.717, 1.165) is 30.2 Å². The Kier molecular flexibility index (Phi) is 4.94. The van der Waals surface area contributed by atoms with E-state index in [1.165, 1.54) is 0 Å². The van der Waals surface area contributed by atoms with Gasteiger partial charge in [-0.2, -0.15) is 0 Å². The molecule has 6 heteroatoms. The Morgan fingerprint density at radius 2 is 1.81 bits per heavy atom. The van der Waals surface area contributed by atoms with E-state index >= 15 is 0 Å². The highest BCUT2D eigenvalue weighted by molar-refractivity contribution is 6.30. The number of carbonyl (C=O) groups excluding carboxylic acids is 1. The molecule has 0 unspecified atom stereocenters. The fourth-order valence-electron chi connectivity index (χ4n) is 3.55. The van der Waals surface area contributed by atoms with Gasteiger partial charge in [-0.15, -0.1) is 0 Å². The van der Waals surface area contributed by atoms with Crippen molar-refractivity contribution in [3.05, 3.63) is 75.2 Å². The molecule has 1 amide bonds. The molecule has 27 heavy (non-hydrogen) atoms. The number of likely N-dealkylation sites (tertiary alicyclic amines) is 1. The SMILES string of the molecule is O=C(c1cc2cccnc2n(Cc2ccc(Cl)cc2)c1=O)N1CCCCC1. The third-order valence-electron chi connectivity index (χ3n) is 4.98. The van der Waals surface area contributed by atoms with Gasteiger partial charge in [0.25, 0.3) is 11.5 Å². The standard InChI is InChI=1S/C21H20ClN3O2/c22-17-8-6-15(7-9-17)14-25-19-16(5-4-10-23-19)13-18(21(25)27)20(26)24-11-2-1-3-12-24/h4-10,13H,1-3,11-12,14H2. The fourth-order valence-corrected chi connectivity index (χ4v) is 3.67. The average molecular weight is 382 g/mol. The van der Waals surface area contributed by atoms with Crippen LogP contribution in [0.25, 0.3) is 11.0 Å². The van der Waals surface area contributed by atoms with E-state index in [-0.39, 0.29) is 17.0 Å². The normalized spacial score (nSPS) is 14.5. The molecule has 2 aromatic heterocycles. The van der Waals surface area contributed by atoms with Crippen LogP contribution in [0.15, 0.2) is 53.5 Å². The van der Waals surface area contributed by atoms with Crippen molar-refractivity contribution in [2.75, 3.05) is 13.1 Å². The maximum atomic E-state index is 13.2. The molecule has 1 aliphatic heterocycles. The van der Waals surface area contributed by atoms with E-state index in [9.17, 15) is 9.59 Å². The van der Waals surface area contributed by atoms with E-state index < -0.39 is 0 Å². The molecule has 0 atom stereocenters. The molecule has 1 aromatic carbocycles. The van der Waals surface area contributed by atoms with Crippen LogP contribution >= 0.6 is 11.6 Å². The summed E-state index contributed by atoms with van der Waals surface area (Å²) in [4.78, 5) is 32.3. The largest absolute Gasteiger partial charge is 0.338 e. The van der Waals surface area contributed by atoms with Crippen molar-refractivity contribution in [3.8, 4) is 0 Å². The van der Waals surface area contributed by atoms with E-state index in [1.54, 1.807) is 33.9 Å². The number of benzene rings is 1. The van der Waals surface area contributed by atoms with Crippen molar-refractivity contribution in [1.82, 2.24) is 14.5 Å². The van der Waals surface area contributed by atoms with E-state index in [2.05, 4.69) is 4.98 Å². The third kappa shape index (κ3) is 3.60. The highest BCUT2D eigenvalue weighted by atomic mass is 35.5. The summed E-state index contributed by atoms with van der Waals surface area (Å²) in [5, 5.41) is 1.43. The number of aromatic nitrogens is 2. The molecular formula is C21H20ClN3O2. The molecule has 0 saturated carbocycles. The number of halogens is 1. The number of amides is 1. The molecular weight excluding hydrogens is 362 g/mol. The Balaban J connectivity index is 1.81. The van der Waals surface area contributed by atoms with Crippen LogP contribution in [0.3, 0.4) is 0 Å². The lowest BCUT2D eigenvalue weighted by Crippen LogP contribution is -2.39. The molecule has 1 fully saturated rings. The first-order valence-electron chi connectivity index (χ1n) is 9.16. The molecule has 4 rings (SSSR count). The van der Waals surface area contributed by atoms with E-state index in [1.807, 2.05) is 24.3 Å². The van der Waals surface area contributed by atoms with Gasteiger partial charge in [0.1, 0.15) is 11.2 Å². The molecule has 0 aliphatic carbocycles. The Morgan fingerprint density at radius 3 is 2.56 bits per heavy atom. The molecule has 1 saturated heterocycles. The number of fused-ring (bicyclic) bond motifs is 1. The lowest BCUT2D eigenvalue weighted by molar-refractivity contribution is 0.0722. The third-order valence-corrected chi connectivity index (χ3v) is 5.23. The number of pyridine rings is 2. The van der Waals surface area contributed by atoms with Crippen LogP contribution in [0.1, 0.15) is 35.2 Å². The van der Waals surface area contributed by atoms with Crippen LogP contribution < -0.4 is 5.56 Å². The van der Waals surface area contributed by atoms with Gasteiger partial charge in [-0.1, -0.05) is 23.7 Å². The molecule has 0 bridgehead atoms. The molecule has 138 valence electrons. The van der Waals surface area contributed by atoms with Crippen molar-refractivity contribution < 1.29 is 4.79 Å². The second-order valence-electron chi connectivity index (χ2n) is 6.84. The number of rotatable bonds is 3. The highest BCUT2D eigenvalue weighted by Crippen LogP contribution is 2.17. The summed E-state index contributed by atoms with van der Waals surface area (Å²) >= 11 is 5.96. The van der Waals surface area contributed by atoms with Crippen LogP contribution in [0.5, 0.6) is 0 Å². The predicted molar refractivity (Wildman–Crippen MR) is 106 cm³/mol. The Labute approximate surface area is 162 Å². The first kappa shape index (κ1) is 17.7.